The SMILES string of the molecule is OCNc1ccc(Cl)cc1Cl. The van der Waals surface area contributed by atoms with Crippen molar-refractivity contribution in [2.45, 2.75) is 0 Å². The van der Waals surface area contributed by atoms with Crippen LogP contribution in [-0.4, -0.2) is 11.8 Å². The molecule has 0 saturated carbocycles. The normalized spacial score (nSPS) is 9.73. The molecule has 0 amide bonds. The summed E-state index contributed by atoms with van der Waals surface area (Å²) >= 11 is 11.4. The molecule has 0 atom stereocenters. The minimum Gasteiger partial charge on any atom is -0.377 e. The van der Waals surface area contributed by atoms with Crippen LogP contribution >= 0.6 is 23.2 Å². The summed E-state index contributed by atoms with van der Waals surface area (Å²) in [6.45, 7) is -0.138. The lowest BCUT2D eigenvalue weighted by molar-refractivity contribution is 0.325. The van der Waals surface area contributed by atoms with Gasteiger partial charge in [0.25, 0.3) is 0 Å². The number of rotatable bonds is 2. The van der Waals surface area contributed by atoms with Crippen LogP contribution < -0.4 is 5.32 Å². The number of anilines is 1. The van der Waals surface area contributed by atoms with Crippen LogP contribution in [0.25, 0.3) is 0 Å². The van der Waals surface area contributed by atoms with Crippen LogP contribution in [0.2, 0.25) is 10.0 Å². The first-order chi connectivity index (χ1) is 5.24. The second-order valence-electron chi connectivity index (χ2n) is 1.96. The Labute approximate surface area is 74.7 Å². The molecule has 60 valence electrons. The highest BCUT2D eigenvalue weighted by molar-refractivity contribution is 6.36. The molecule has 2 N–H and O–H groups in total. The van der Waals surface area contributed by atoms with Crippen LogP contribution in [0.3, 0.4) is 0 Å². The van der Waals surface area contributed by atoms with E-state index in [9.17, 15) is 0 Å². The van der Waals surface area contributed by atoms with Crippen LogP contribution in [0.4, 0.5) is 5.69 Å². The summed E-state index contributed by atoms with van der Waals surface area (Å²) < 4.78 is 0. The molecule has 1 aromatic rings. The zero-order chi connectivity index (χ0) is 8.27. The highest BCUT2D eigenvalue weighted by Crippen LogP contribution is 2.24. The average molecular weight is 192 g/mol. The van der Waals surface area contributed by atoms with Crippen molar-refractivity contribution in [2.24, 2.45) is 0 Å². The van der Waals surface area contributed by atoms with E-state index >= 15 is 0 Å². The van der Waals surface area contributed by atoms with E-state index in [1.165, 1.54) is 0 Å². The van der Waals surface area contributed by atoms with Crippen LogP contribution in [-0.2, 0) is 0 Å². The molecule has 0 saturated heterocycles. The van der Waals surface area contributed by atoms with Gasteiger partial charge in [-0.1, -0.05) is 23.2 Å². The monoisotopic (exact) mass is 191 g/mol. The molecule has 0 unspecified atom stereocenters. The van der Waals surface area contributed by atoms with E-state index in [-0.39, 0.29) is 6.73 Å². The van der Waals surface area contributed by atoms with Gasteiger partial charge in [-0.2, -0.15) is 0 Å². The zero-order valence-electron chi connectivity index (χ0n) is 5.64. The average Bonchev–Trinajstić information content (AvgIpc) is 1.95. The molecule has 0 fully saturated rings. The first-order valence-electron chi connectivity index (χ1n) is 3.04. The second-order valence-corrected chi connectivity index (χ2v) is 2.80. The Balaban J connectivity index is 2.90. The van der Waals surface area contributed by atoms with Crippen LogP contribution in [0.5, 0.6) is 0 Å². The highest BCUT2D eigenvalue weighted by atomic mass is 35.5. The van der Waals surface area contributed by atoms with Gasteiger partial charge in [-0.05, 0) is 18.2 Å². The van der Waals surface area contributed by atoms with Crippen molar-refractivity contribution in [1.82, 2.24) is 0 Å². The summed E-state index contributed by atoms with van der Waals surface area (Å²) in [5.74, 6) is 0. The zero-order valence-corrected chi connectivity index (χ0v) is 7.15. The fourth-order valence-corrected chi connectivity index (χ4v) is 1.19. The lowest BCUT2D eigenvalue weighted by Gasteiger charge is -2.04. The molecule has 1 aromatic carbocycles. The van der Waals surface area contributed by atoms with Crippen LogP contribution in [0.1, 0.15) is 0 Å². The van der Waals surface area contributed by atoms with Crippen LogP contribution in [0, 0.1) is 0 Å². The molecular weight excluding hydrogens is 185 g/mol. The Morgan fingerprint density at radius 3 is 2.64 bits per heavy atom. The van der Waals surface area contributed by atoms with Crippen molar-refractivity contribution >= 4 is 28.9 Å². The van der Waals surface area contributed by atoms with Crippen molar-refractivity contribution < 1.29 is 5.11 Å². The van der Waals surface area contributed by atoms with E-state index in [1.54, 1.807) is 18.2 Å². The summed E-state index contributed by atoms with van der Waals surface area (Å²) in [5.41, 5.74) is 0.679. The molecule has 2 nitrogen and oxygen atoms in total. The summed E-state index contributed by atoms with van der Waals surface area (Å²) in [6.07, 6.45) is 0. The number of aliphatic hydroxyl groups is 1. The molecule has 0 aromatic heterocycles. The number of halogens is 2. The van der Waals surface area contributed by atoms with Crippen molar-refractivity contribution in [3.63, 3.8) is 0 Å². The molecule has 0 aliphatic rings. The molecule has 0 spiro atoms. The third-order valence-electron chi connectivity index (χ3n) is 1.20. The summed E-state index contributed by atoms with van der Waals surface area (Å²) in [5, 5.41) is 12.3. The maximum Gasteiger partial charge on any atom is 0.113 e. The number of benzene rings is 1. The van der Waals surface area contributed by atoms with E-state index in [0.29, 0.717) is 15.7 Å². The Hall–Kier alpha value is -0.440. The third-order valence-corrected chi connectivity index (χ3v) is 1.75. The van der Waals surface area contributed by atoms with E-state index in [2.05, 4.69) is 5.32 Å². The van der Waals surface area contributed by atoms with Gasteiger partial charge in [0.15, 0.2) is 0 Å². The largest absolute Gasteiger partial charge is 0.377 e. The molecule has 11 heavy (non-hydrogen) atoms. The van der Waals surface area contributed by atoms with E-state index in [1.807, 2.05) is 0 Å². The number of aliphatic hydroxyl groups excluding tert-OH is 1. The van der Waals surface area contributed by atoms with Gasteiger partial charge in [-0.15, -0.1) is 0 Å². The number of hydrogen-bond acceptors (Lipinski definition) is 2. The minimum absolute atomic E-state index is 0.138. The smallest absolute Gasteiger partial charge is 0.113 e. The summed E-state index contributed by atoms with van der Waals surface area (Å²) in [6, 6.07) is 5.02. The van der Waals surface area contributed by atoms with E-state index < -0.39 is 0 Å². The molecule has 0 radical (unpaired) electrons. The molecule has 0 bridgehead atoms. The Bertz CT molecular complexity index is 252. The summed E-state index contributed by atoms with van der Waals surface area (Å²) in [7, 11) is 0. The lowest BCUT2D eigenvalue weighted by atomic mass is 10.3. The first kappa shape index (κ1) is 8.65. The molecule has 1 rings (SSSR count). The van der Waals surface area contributed by atoms with Crippen molar-refractivity contribution in [3.8, 4) is 0 Å². The van der Waals surface area contributed by atoms with E-state index in [4.69, 9.17) is 28.3 Å². The van der Waals surface area contributed by atoms with Gasteiger partial charge in [-0.25, -0.2) is 0 Å². The van der Waals surface area contributed by atoms with Gasteiger partial charge in [0.2, 0.25) is 0 Å². The molecule has 0 aliphatic carbocycles. The Morgan fingerprint density at radius 2 is 2.09 bits per heavy atom. The fraction of sp³-hybridized carbons (Fsp3) is 0.143. The second kappa shape index (κ2) is 3.81. The minimum atomic E-state index is -0.138. The van der Waals surface area contributed by atoms with Gasteiger partial charge < -0.3 is 10.4 Å². The predicted molar refractivity (Wildman–Crippen MR) is 47.2 cm³/mol. The number of hydrogen-bond donors (Lipinski definition) is 2. The Morgan fingerprint density at radius 1 is 1.36 bits per heavy atom. The van der Waals surface area contributed by atoms with Crippen molar-refractivity contribution in [1.29, 1.82) is 0 Å². The third kappa shape index (κ3) is 2.26. The van der Waals surface area contributed by atoms with Gasteiger partial charge in [0, 0.05) is 5.02 Å². The van der Waals surface area contributed by atoms with Gasteiger partial charge >= 0.3 is 0 Å². The maximum absolute atomic E-state index is 8.51. The highest BCUT2D eigenvalue weighted by Gasteiger charge is 1.97. The number of nitrogens with one attached hydrogen (secondary N) is 1. The van der Waals surface area contributed by atoms with Gasteiger partial charge in [-0.3, -0.25) is 0 Å². The Kier molecular flexibility index (Phi) is 3.00. The van der Waals surface area contributed by atoms with E-state index in [0.717, 1.165) is 0 Å². The van der Waals surface area contributed by atoms with Crippen molar-refractivity contribution in [3.05, 3.63) is 28.2 Å². The summed E-state index contributed by atoms with van der Waals surface area (Å²) in [4.78, 5) is 0. The maximum atomic E-state index is 8.51. The standard InChI is InChI=1S/C7H7Cl2NO/c8-5-1-2-7(10-4-11)6(9)3-5/h1-3,10-11H,4H2. The lowest BCUT2D eigenvalue weighted by Crippen LogP contribution is -1.99. The first-order valence-corrected chi connectivity index (χ1v) is 3.79. The molecule has 0 aliphatic heterocycles. The molecular formula is C7H7Cl2NO. The fourth-order valence-electron chi connectivity index (χ4n) is 0.718. The molecule has 0 heterocycles. The topological polar surface area (TPSA) is 32.3 Å². The van der Waals surface area contributed by atoms with Crippen molar-refractivity contribution in [2.75, 3.05) is 12.0 Å². The van der Waals surface area contributed by atoms with Gasteiger partial charge in [0.1, 0.15) is 6.73 Å². The quantitative estimate of drug-likeness (QED) is 0.705. The van der Waals surface area contributed by atoms with Gasteiger partial charge in [0.05, 0.1) is 10.7 Å². The predicted octanol–water partition coefficient (Wildman–Crippen LogP) is 2.36. The molecule has 4 heteroatoms. The van der Waals surface area contributed by atoms with Crippen LogP contribution in [0.15, 0.2) is 18.2 Å².